The molecule has 1 aromatic heterocycles. The van der Waals surface area contributed by atoms with E-state index in [0.717, 1.165) is 5.88 Å². The number of aromatic nitrogens is 1. The lowest BCUT2D eigenvalue weighted by Gasteiger charge is -2.25. The van der Waals surface area contributed by atoms with E-state index in [0.29, 0.717) is 12.6 Å². The van der Waals surface area contributed by atoms with Gasteiger partial charge in [-0.3, -0.25) is 4.90 Å². The van der Waals surface area contributed by atoms with Crippen LogP contribution in [0, 0.1) is 0 Å². The molecule has 1 saturated heterocycles. The molecule has 1 aliphatic rings. The monoisotopic (exact) mass is 248 g/mol. The number of likely N-dealkylation sites (tertiary alicyclic amines) is 1. The molecule has 0 aliphatic carbocycles. The predicted octanol–water partition coefficient (Wildman–Crippen LogP) is 3.42. The van der Waals surface area contributed by atoms with Crippen molar-refractivity contribution < 1.29 is 4.74 Å². The number of unbranched alkanes of at least 4 members (excludes halogenated alkanes) is 1. The van der Waals surface area contributed by atoms with Gasteiger partial charge in [-0.05, 0) is 45.3 Å². The average Bonchev–Trinajstić information content (AvgIpc) is 2.85. The van der Waals surface area contributed by atoms with Crippen LogP contribution in [0.2, 0.25) is 0 Å². The van der Waals surface area contributed by atoms with E-state index in [1.807, 2.05) is 19.2 Å². The third-order valence-electron chi connectivity index (χ3n) is 3.60. The second-order valence-electron chi connectivity index (χ2n) is 4.88. The molecule has 0 N–H and O–H groups in total. The van der Waals surface area contributed by atoms with Crippen LogP contribution in [0.3, 0.4) is 0 Å². The standard InChI is InChI=1S/C15H24N2O/c1-3-5-11-17-12-7-9-14(17)13-8-6-10-16-15(13)18-4-2/h6,8,10,14H,3-5,7,9,11-12H2,1-2H3. The number of pyridine rings is 1. The first-order valence-electron chi connectivity index (χ1n) is 7.18. The summed E-state index contributed by atoms with van der Waals surface area (Å²) in [5.74, 6) is 0.827. The fraction of sp³-hybridized carbons (Fsp3) is 0.667. The van der Waals surface area contributed by atoms with Gasteiger partial charge in [0.1, 0.15) is 0 Å². The van der Waals surface area contributed by atoms with E-state index in [9.17, 15) is 0 Å². The maximum atomic E-state index is 5.66. The molecule has 100 valence electrons. The minimum atomic E-state index is 0.506. The van der Waals surface area contributed by atoms with Crippen LogP contribution in [0.4, 0.5) is 0 Å². The zero-order valence-corrected chi connectivity index (χ0v) is 11.6. The summed E-state index contributed by atoms with van der Waals surface area (Å²) >= 11 is 0. The van der Waals surface area contributed by atoms with Gasteiger partial charge in [-0.2, -0.15) is 0 Å². The van der Waals surface area contributed by atoms with E-state index < -0.39 is 0 Å². The Morgan fingerprint density at radius 1 is 1.44 bits per heavy atom. The van der Waals surface area contributed by atoms with Gasteiger partial charge in [-0.15, -0.1) is 0 Å². The van der Waals surface area contributed by atoms with Gasteiger partial charge in [0.2, 0.25) is 5.88 Å². The lowest BCUT2D eigenvalue weighted by molar-refractivity contribution is 0.241. The summed E-state index contributed by atoms with van der Waals surface area (Å²) in [5.41, 5.74) is 1.27. The first-order valence-corrected chi connectivity index (χ1v) is 7.18. The molecule has 3 nitrogen and oxygen atoms in total. The van der Waals surface area contributed by atoms with E-state index >= 15 is 0 Å². The van der Waals surface area contributed by atoms with Crippen molar-refractivity contribution >= 4 is 0 Å². The fourth-order valence-corrected chi connectivity index (χ4v) is 2.72. The van der Waals surface area contributed by atoms with Gasteiger partial charge in [-0.1, -0.05) is 19.4 Å². The number of hydrogen-bond donors (Lipinski definition) is 0. The third kappa shape index (κ3) is 3.02. The van der Waals surface area contributed by atoms with Crippen LogP contribution in [-0.4, -0.2) is 29.6 Å². The summed E-state index contributed by atoms with van der Waals surface area (Å²) in [4.78, 5) is 6.97. The van der Waals surface area contributed by atoms with Gasteiger partial charge in [0.05, 0.1) is 6.61 Å². The van der Waals surface area contributed by atoms with E-state index in [2.05, 4.69) is 22.9 Å². The fourth-order valence-electron chi connectivity index (χ4n) is 2.72. The largest absolute Gasteiger partial charge is 0.478 e. The Kier molecular flexibility index (Phi) is 5.00. The second kappa shape index (κ2) is 6.74. The van der Waals surface area contributed by atoms with E-state index in [1.165, 1.54) is 44.3 Å². The molecule has 1 atom stereocenters. The summed E-state index contributed by atoms with van der Waals surface area (Å²) in [5, 5.41) is 0. The van der Waals surface area contributed by atoms with Crippen molar-refractivity contribution in [2.45, 2.75) is 45.6 Å². The Bertz CT molecular complexity index is 367. The minimum absolute atomic E-state index is 0.506. The van der Waals surface area contributed by atoms with Gasteiger partial charge in [0.25, 0.3) is 0 Å². The van der Waals surface area contributed by atoms with E-state index in [-0.39, 0.29) is 0 Å². The van der Waals surface area contributed by atoms with Crippen LogP contribution in [-0.2, 0) is 0 Å². The third-order valence-corrected chi connectivity index (χ3v) is 3.60. The molecule has 3 heteroatoms. The van der Waals surface area contributed by atoms with Crippen molar-refractivity contribution in [3.63, 3.8) is 0 Å². The van der Waals surface area contributed by atoms with E-state index in [1.54, 1.807) is 0 Å². The highest BCUT2D eigenvalue weighted by Gasteiger charge is 2.28. The van der Waals surface area contributed by atoms with Crippen molar-refractivity contribution in [3.05, 3.63) is 23.9 Å². The van der Waals surface area contributed by atoms with Gasteiger partial charge in [0, 0.05) is 17.8 Å². The van der Waals surface area contributed by atoms with Crippen LogP contribution < -0.4 is 4.74 Å². The Morgan fingerprint density at radius 2 is 2.33 bits per heavy atom. The zero-order valence-electron chi connectivity index (χ0n) is 11.6. The molecule has 2 heterocycles. The molecule has 0 amide bonds. The molecule has 0 spiro atoms. The Morgan fingerprint density at radius 3 is 3.11 bits per heavy atom. The molecule has 1 aliphatic heterocycles. The molecule has 0 bridgehead atoms. The van der Waals surface area contributed by atoms with Crippen LogP contribution in [0.1, 0.15) is 51.1 Å². The second-order valence-corrected chi connectivity index (χ2v) is 4.88. The van der Waals surface area contributed by atoms with Crippen LogP contribution in [0.5, 0.6) is 5.88 Å². The molecular formula is C15H24N2O. The maximum Gasteiger partial charge on any atom is 0.218 e. The smallest absolute Gasteiger partial charge is 0.218 e. The number of rotatable bonds is 6. The highest BCUT2D eigenvalue weighted by Crippen LogP contribution is 2.35. The quantitative estimate of drug-likeness (QED) is 0.771. The lowest BCUT2D eigenvalue weighted by Crippen LogP contribution is -2.25. The summed E-state index contributed by atoms with van der Waals surface area (Å²) in [7, 11) is 0. The summed E-state index contributed by atoms with van der Waals surface area (Å²) in [6.45, 7) is 7.36. The SMILES string of the molecule is CCCCN1CCCC1c1cccnc1OCC. The van der Waals surface area contributed by atoms with Gasteiger partial charge >= 0.3 is 0 Å². The summed E-state index contributed by atoms with van der Waals surface area (Å²) in [6.07, 6.45) is 6.87. The zero-order chi connectivity index (χ0) is 12.8. The molecule has 0 saturated carbocycles. The average molecular weight is 248 g/mol. The summed E-state index contributed by atoms with van der Waals surface area (Å²) < 4.78 is 5.66. The van der Waals surface area contributed by atoms with Crippen LogP contribution >= 0.6 is 0 Å². The van der Waals surface area contributed by atoms with Crippen LogP contribution in [0.25, 0.3) is 0 Å². The minimum Gasteiger partial charge on any atom is -0.478 e. The topological polar surface area (TPSA) is 25.4 Å². The Balaban J connectivity index is 2.13. The predicted molar refractivity (Wildman–Crippen MR) is 73.9 cm³/mol. The Labute approximate surface area is 110 Å². The van der Waals surface area contributed by atoms with Crippen molar-refractivity contribution in [1.82, 2.24) is 9.88 Å². The normalized spacial score (nSPS) is 20.2. The molecule has 0 radical (unpaired) electrons. The molecule has 1 aromatic rings. The first kappa shape index (κ1) is 13.3. The maximum absolute atomic E-state index is 5.66. The molecule has 1 unspecified atom stereocenters. The molecule has 0 aromatic carbocycles. The van der Waals surface area contributed by atoms with Crippen molar-refractivity contribution in [2.24, 2.45) is 0 Å². The molecule has 18 heavy (non-hydrogen) atoms. The van der Waals surface area contributed by atoms with E-state index in [4.69, 9.17) is 4.74 Å². The molecule has 1 fully saturated rings. The van der Waals surface area contributed by atoms with Gasteiger partial charge in [-0.25, -0.2) is 4.98 Å². The molecule has 2 rings (SSSR count). The lowest BCUT2D eigenvalue weighted by atomic mass is 10.1. The number of ether oxygens (including phenoxy) is 1. The number of nitrogens with zero attached hydrogens (tertiary/aromatic N) is 2. The van der Waals surface area contributed by atoms with Crippen molar-refractivity contribution in [3.8, 4) is 5.88 Å². The van der Waals surface area contributed by atoms with Crippen LogP contribution in [0.15, 0.2) is 18.3 Å². The summed E-state index contributed by atoms with van der Waals surface area (Å²) in [6, 6.07) is 4.70. The van der Waals surface area contributed by atoms with Gasteiger partial charge < -0.3 is 4.74 Å². The highest BCUT2D eigenvalue weighted by atomic mass is 16.5. The highest BCUT2D eigenvalue weighted by molar-refractivity contribution is 5.29. The molecular weight excluding hydrogens is 224 g/mol. The Hall–Kier alpha value is -1.09. The van der Waals surface area contributed by atoms with Gasteiger partial charge in [0.15, 0.2) is 0 Å². The van der Waals surface area contributed by atoms with Crippen molar-refractivity contribution in [1.29, 1.82) is 0 Å². The van der Waals surface area contributed by atoms with Crippen molar-refractivity contribution in [2.75, 3.05) is 19.7 Å². The number of hydrogen-bond acceptors (Lipinski definition) is 3. The first-order chi connectivity index (χ1) is 8.86.